The number of hydrogen-bond acceptors (Lipinski definition) is 4. The monoisotopic (exact) mass is 220 g/mol. The van der Waals surface area contributed by atoms with E-state index in [0.717, 1.165) is 38.9 Å². The van der Waals surface area contributed by atoms with Crippen LogP contribution in [0.4, 0.5) is 0 Å². The smallest absolute Gasteiger partial charge is 0.349 e. The van der Waals surface area contributed by atoms with Crippen LogP contribution in [-0.2, 0) is 8.85 Å². The van der Waals surface area contributed by atoms with Crippen LogP contribution in [0.5, 0.6) is 0 Å². The minimum Gasteiger partial charge on any atom is -0.394 e. The predicted molar refractivity (Wildman–Crippen MR) is 61.4 cm³/mol. The maximum absolute atomic E-state index is 5.67. The molecule has 0 atom stereocenters. The normalized spacial score (nSPS) is 12.0. The first kappa shape index (κ1) is 14.1. The average molecular weight is 220 g/mol. The highest BCUT2D eigenvalue weighted by Crippen LogP contribution is 2.05. The van der Waals surface area contributed by atoms with Crippen molar-refractivity contribution in [2.24, 2.45) is 5.73 Å². The van der Waals surface area contributed by atoms with Crippen LogP contribution in [0.2, 0.25) is 6.55 Å². The maximum Gasteiger partial charge on any atom is 0.349 e. The standard InChI is InChI=1S/C9H24N2O2Si/c1-4-12-14(3,13-5-2)9-11-8-6-7-10/h11H,4-10H2,1-3H3. The van der Waals surface area contributed by atoms with Crippen molar-refractivity contribution in [3.8, 4) is 0 Å². The summed E-state index contributed by atoms with van der Waals surface area (Å²) in [4.78, 5) is 0. The van der Waals surface area contributed by atoms with Gasteiger partial charge >= 0.3 is 8.56 Å². The molecule has 0 aromatic rings. The molecule has 0 saturated carbocycles. The van der Waals surface area contributed by atoms with E-state index in [1.54, 1.807) is 0 Å². The van der Waals surface area contributed by atoms with Crippen molar-refractivity contribution in [1.29, 1.82) is 0 Å². The van der Waals surface area contributed by atoms with E-state index in [-0.39, 0.29) is 0 Å². The van der Waals surface area contributed by atoms with Gasteiger partial charge in [-0.2, -0.15) is 0 Å². The molecule has 3 N–H and O–H groups in total. The second-order valence-electron chi connectivity index (χ2n) is 3.32. The number of hydrogen-bond donors (Lipinski definition) is 2. The van der Waals surface area contributed by atoms with Crippen molar-refractivity contribution in [2.45, 2.75) is 26.8 Å². The Labute approximate surface area is 88.4 Å². The first-order valence-corrected chi connectivity index (χ1v) is 7.89. The zero-order valence-electron chi connectivity index (χ0n) is 9.64. The third-order valence-corrected chi connectivity index (χ3v) is 4.59. The number of nitrogens with two attached hydrogens (primary N) is 1. The van der Waals surface area contributed by atoms with Gasteiger partial charge in [0, 0.05) is 19.4 Å². The Morgan fingerprint density at radius 1 is 1.21 bits per heavy atom. The highest BCUT2D eigenvalue weighted by molar-refractivity contribution is 6.66. The fourth-order valence-corrected chi connectivity index (χ4v) is 3.44. The van der Waals surface area contributed by atoms with E-state index in [4.69, 9.17) is 14.6 Å². The third kappa shape index (κ3) is 6.50. The van der Waals surface area contributed by atoms with Gasteiger partial charge in [0.15, 0.2) is 0 Å². The van der Waals surface area contributed by atoms with Crippen molar-refractivity contribution < 1.29 is 8.85 Å². The lowest BCUT2D eigenvalue weighted by atomic mass is 10.4. The topological polar surface area (TPSA) is 56.5 Å². The van der Waals surface area contributed by atoms with E-state index >= 15 is 0 Å². The Kier molecular flexibility index (Phi) is 8.41. The van der Waals surface area contributed by atoms with E-state index in [0.29, 0.717) is 0 Å². The molecule has 0 radical (unpaired) electrons. The molecule has 0 amide bonds. The third-order valence-electron chi connectivity index (χ3n) is 1.90. The Balaban J connectivity index is 3.71. The van der Waals surface area contributed by atoms with Crippen LogP contribution in [0.15, 0.2) is 0 Å². The molecule has 0 saturated heterocycles. The van der Waals surface area contributed by atoms with Gasteiger partial charge < -0.3 is 19.9 Å². The van der Waals surface area contributed by atoms with Crippen LogP contribution >= 0.6 is 0 Å². The lowest BCUT2D eigenvalue weighted by molar-refractivity contribution is 0.187. The Morgan fingerprint density at radius 2 is 1.79 bits per heavy atom. The van der Waals surface area contributed by atoms with E-state index < -0.39 is 8.56 Å². The summed E-state index contributed by atoms with van der Waals surface area (Å²) in [6.07, 6.45) is 1.84. The van der Waals surface area contributed by atoms with Crippen molar-refractivity contribution in [3.05, 3.63) is 0 Å². The first-order chi connectivity index (χ1) is 6.68. The van der Waals surface area contributed by atoms with Crippen LogP contribution in [0.1, 0.15) is 20.3 Å². The molecule has 4 nitrogen and oxygen atoms in total. The van der Waals surface area contributed by atoms with Crippen LogP contribution in [-0.4, -0.2) is 41.0 Å². The summed E-state index contributed by atoms with van der Waals surface area (Å²) in [7, 11) is -1.95. The molecule has 0 aliphatic carbocycles. The van der Waals surface area contributed by atoms with E-state index in [2.05, 4.69) is 11.9 Å². The van der Waals surface area contributed by atoms with Gasteiger partial charge in [0.2, 0.25) is 0 Å². The van der Waals surface area contributed by atoms with Crippen molar-refractivity contribution in [3.63, 3.8) is 0 Å². The van der Waals surface area contributed by atoms with Crippen LogP contribution < -0.4 is 11.1 Å². The largest absolute Gasteiger partial charge is 0.394 e. The highest BCUT2D eigenvalue weighted by Gasteiger charge is 2.29. The SMILES string of the molecule is CCO[Si](C)(CNCCCN)OCC. The molecule has 5 heteroatoms. The minimum atomic E-state index is -1.95. The van der Waals surface area contributed by atoms with Crippen molar-refractivity contribution in [1.82, 2.24) is 5.32 Å². The minimum absolute atomic E-state index is 0.724. The Morgan fingerprint density at radius 3 is 2.21 bits per heavy atom. The van der Waals surface area contributed by atoms with Gasteiger partial charge in [-0.25, -0.2) is 0 Å². The maximum atomic E-state index is 5.67. The van der Waals surface area contributed by atoms with Gasteiger partial charge in [0.1, 0.15) is 0 Å². The second kappa shape index (κ2) is 8.37. The molecular weight excluding hydrogens is 196 g/mol. The lowest BCUT2D eigenvalue weighted by Crippen LogP contribution is -2.49. The molecule has 0 fully saturated rings. The summed E-state index contributed by atoms with van der Waals surface area (Å²) in [5.74, 6) is 0. The molecule has 0 unspecified atom stereocenters. The van der Waals surface area contributed by atoms with Gasteiger partial charge in [0.25, 0.3) is 0 Å². The molecule has 0 spiro atoms. The summed E-state index contributed by atoms with van der Waals surface area (Å²) in [5.41, 5.74) is 5.40. The molecule has 14 heavy (non-hydrogen) atoms. The van der Waals surface area contributed by atoms with E-state index in [1.165, 1.54) is 0 Å². The molecule has 0 bridgehead atoms. The molecule has 0 rings (SSSR count). The van der Waals surface area contributed by atoms with Gasteiger partial charge in [-0.05, 0) is 39.9 Å². The van der Waals surface area contributed by atoms with E-state index in [9.17, 15) is 0 Å². The fraction of sp³-hybridized carbons (Fsp3) is 1.00. The van der Waals surface area contributed by atoms with Crippen molar-refractivity contribution in [2.75, 3.05) is 32.5 Å². The summed E-state index contributed by atoms with van der Waals surface area (Å²) in [5, 5.41) is 3.33. The zero-order chi connectivity index (χ0) is 10.9. The molecule has 0 aliphatic rings. The predicted octanol–water partition coefficient (Wildman–Crippen LogP) is 0.609. The number of rotatable bonds is 9. The number of nitrogens with one attached hydrogen (secondary N) is 1. The van der Waals surface area contributed by atoms with Crippen molar-refractivity contribution >= 4 is 8.56 Å². The Bertz CT molecular complexity index is 130. The summed E-state index contributed by atoms with van der Waals surface area (Å²) in [6, 6.07) is 0. The molecule has 0 aromatic heterocycles. The molecule has 86 valence electrons. The summed E-state index contributed by atoms with van der Waals surface area (Å²) in [6.45, 7) is 9.22. The second-order valence-corrected chi connectivity index (χ2v) is 6.52. The molecular formula is C9H24N2O2Si. The van der Waals surface area contributed by atoms with Gasteiger partial charge in [-0.3, -0.25) is 0 Å². The fourth-order valence-electron chi connectivity index (χ4n) is 1.30. The molecule has 0 heterocycles. The van der Waals surface area contributed by atoms with Crippen LogP contribution in [0, 0.1) is 0 Å². The van der Waals surface area contributed by atoms with Gasteiger partial charge in [-0.1, -0.05) is 0 Å². The molecule has 0 aliphatic heterocycles. The summed E-state index contributed by atoms with van der Waals surface area (Å²) < 4.78 is 11.3. The molecule has 0 aromatic carbocycles. The quantitative estimate of drug-likeness (QED) is 0.441. The average Bonchev–Trinajstić information content (AvgIpc) is 2.13. The van der Waals surface area contributed by atoms with Gasteiger partial charge in [0.05, 0.1) is 0 Å². The van der Waals surface area contributed by atoms with Gasteiger partial charge in [-0.15, -0.1) is 0 Å². The zero-order valence-corrected chi connectivity index (χ0v) is 10.6. The highest BCUT2D eigenvalue weighted by atomic mass is 28.4. The van der Waals surface area contributed by atoms with Crippen LogP contribution in [0.3, 0.4) is 0 Å². The Hall–Kier alpha value is 0.0569. The lowest BCUT2D eigenvalue weighted by Gasteiger charge is -2.26. The van der Waals surface area contributed by atoms with E-state index in [1.807, 2.05) is 13.8 Å². The summed E-state index contributed by atoms with van der Waals surface area (Å²) >= 11 is 0. The first-order valence-electron chi connectivity index (χ1n) is 5.37. The van der Waals surface area contributed by atoms with Crippen LogP contribution in [0.25, 0.3) is 0 Å².